The van der Waals surface area contributed by atoms with Crippen molar-refractivity contribution < 1.29 is 9.90 Å². The Kier molecular flexibility index (Phi) is 6.07. The molecule has 0 amide bonds. The molecule has 0 bridgehead atoms. The summed E-state index contributed by atoms with van der Waals surface area (Å²) >= 11 is 0. The fraction of sp³-hybridized carbons (Fsp3) is 0.588. The molecule has 19 heavy (non-hydrogen) atoms. The lowest BCUT2D eigenvalue weighted by Crippen LogP contribution is -2.10. The Morgan fingerprint density at radius 2 is 1.58 bits per heavy atom. The summed E-state index contributed by atoms with van der Waals surface area (Å²) in [6.07, 6.45) is 5.49. The number of aryl methyl sites for hydroxylation is 1. The number of aliphatic carboxylic acids is 1. The molecule has 0 heterocycles. The second-order valence-corrected chi connectivity index (χ2v) is 6.25. The highest BCUT2D eigenvalue weighted by Gasteiger charge is 2.12. The van der Waals surface area contributed by atoms with Crippen LogP contribution in [0.15, 0.2) is 24.3 Å². The molecule has 1 aromatic rings. The standard InChI is InChI=1S/C17H26O2/c1-17(2,3)15-12-10-14(11-13-15)8-6-4-5-7-9-16(18)19/h10-13H,4-9H2,1-3H3,(H,18,19). The normalized spacial score (nSPS) is 11.5. The third-order valence-electron chi connectivity index (χ3n) is 3.43. The van der Waals surface area contributed by atoms with Crippen LogP contribution in [0.25, 0.3) is 0 Å². The van der Waals surface area contributed by atoms with Crippen LogP contribution in [0.2, 0.25) is 0 Å². The fourth-order valence-corrected chi connectivity index (χ4v) is 2.13. The molecule has 1 aromatic carbocycles. The van der Waals surface area contributed by atoms with E-state index in [9.17, 15) is 4.79 Å². The van der Waals surface area contributed by atoms with Gasteiger partial charge in [0.25, 0.3) is 0 Å². The molecule has 1 rings (SSSR count). The number of carboxylic acid groups (broad SMARTS) is 1. The van der Waals surface area contributed by atoms with Gasteiger partial charge in [-0.2, -0.15) is 0 Å². The highest BCUT2D eigenvalue weighted by atomic mass is 16.4. The largest absolute Gasteiger partial charge is 0.481 e. The molecule has 0 radical (unpaired) electrons. The van der Waals surface area contributed by atoms with Gasteiger partial charge in [0.05, 0.1) is 0 Å². The number of unbranched alkanes of at least 4 members (excludes halogenated alkanes) is 3. The summed E-state index contributed by atoms with van der Waals surface area (Å²) in [5.41, 5.74) is 2.97. The van der Waals surface area contributed by atoms with Gasteiger partial charge < -0.3 is 5.11 Å². The van der Waals surface area contributed by atoms with Crippen LogP contribution >= 0.6 is 0 Å². The third-order valence-corrected chi connectivity index (χ3v) is 3.43. The average molecular weight is 262 g/mol. The van der Waals surface area contributed by atoms with Gasteiger partial charge in [0.15, 0.2) is 0 Å². The molecule has 0 atom stereocenters. The van der Waals surface area contributed by atoms with Crippen molar-refractivity contribution in [3.8, 4) is 0 Å². The van der Waals surface area contributed by atoms with Crippen molar-refractivity contribution in [1.82, 2.24) is 0 Å². The number of hydrogen-bond donors (Lipinski definition) is 1. The number of benzene rings is 1. The first-order valence-corrected chi connectivity index (χ1v) is 7.21. The lowest BCUT2D eigenvalue weighted by molar-refractivity contribution is -0.137. The minimum Gasteiger partial charge on any atom is -0.481 e. The molecule has 106 valence electrons. The lowest BCUT2D eigenvalue weighted by Gasteiger charge is -2.19. The van der Waals surface area contributed by atoms with Gasteiger partial charge in [0.2, 0.25) is 0 Å². The topological polar surface area (TPSA) is 37.3 Å². The van der Waals surface area contributed by atoms with Crippen molar-refractivity contribution in [2.45, 2.75) is 64.7 Å². The predicted molar refractivity (Wildman–Crippen MR) is 79.6 cm³/mol. The highest BCUT2D eigenvalue weighted by molar-refractivity contribution is 5.66. The molecule has 0 unspecified atom stereocenters. The van der Waals surface area contributed by atoms with Gasteiger partial charge >= 0.3 is 5.97 Å². The quantitative estimate of drug-likeness (QED) is 0.731. The summed E-state index contributed by atoms with van der Waals surface area (Å²) < 4.78 is 0. The van der Waals surface area contributed by atoms with Gasteiger partial charge in [-0.3, -0.25) is 4.79 Å². The Morgan fingerprint density at radius 1 is 1.00 bits per heavy atom. The Hall–Kier alpha value is -1.31. The van der Waals surface area contributed by atoms with Gasteiger partial charge in [-0.1, -0.05) is 57.9 Å². The number of carboxylic acids is 1. The van der Waals surface area contributed by atoms with Crippen molar-refractivity contribution >= 4 is 5.97 Å². The summed E-state index contributed by atoms with van der Waals surface area (Å²) in [7, 11) is 0. The molecule has 0 aliphatic carbocycles. The molecule has 0 aliphatic rings. The maximum absolute atomic E-state index is 10.4. The van der Waals surface area contributed by atoms with E-state index in [0.29, 0.717) is 6.42 Å². The molecular formula is C17H26O2. The highest BCUT2D eigenvalue weighted by Crippen LogP contribution is 2.22. The molecule has 2 nitrogen and oxygen atoms in total. The van der Waals surface area contributed by atoms with Crippen LogP contribution in [0.1, 0.15) is 64.0 Å². The summed E-state index contributed by atoms with van der Waals surface area (Å²) in [5.74, 6) is -0.683. The molecule has 0 fully saturated rings. The molecule has 1 N–H and O–H groups in total. The van der Waals surface area contributed by atoms with E-state index in [4.69, 9.17) is 5.11 Å². The lowest BCUT2D eigenvalue weighted by atomic mass is 9.86. The first-order valence-electron chi connectivity index (χ1n) is 7.21. The first-order chi connectivity index (χ1) is 8.89. The van der Waals surface area contributed by atoms with Crippen molar-refractivity contribution in [2.24, 2.45) is 0 Å². The molecule has 2 heteroatoms. The van der Waals surface area contributed by atoms with Gasteiger partial charge in [0.1, 0.15) is 0 Å². The third kappa shape index (κ3) is 6.42. The zero-order valence-electron chi connectivity index (χ0n) is 12.4. The predicted octanol–water partition coefficient (Wildman–Crippen LogP) is 4.56. The van der Waals surface area contributed by atoms with Crippen LogP contribution in [0.5, 0.6) is 0 Å². The smallest absolute Gasteiger partial charge is 0.303 e. The van der Waals surface area contributed by atoms with E-state index in [0.717, 1.165) is 32.1 Å². The van der Waals surface area contributed by atoms with E-state index < -0.39 is 5.97 Å². The van der Waals surface area contributed by atoms with Gasteiger partial charge in [-0.15, -0.1) is 0 Å². The van der Waals surface area contributed by atoms with Crippen LogP contribution in [0, 0.1) is 0 Å². The summed E-state index contributed by atoms with van der Waals surface area (Å²) in [4.78, 5) is 10.4. The van der Waals surface area contributed by atoms with Crippen LogP contribution in [-0.2, 0) is 16.6 Å². The zero-order valence-corrected chi connectivity index (χ0v) is 12.4. The summed E-state index contributed by atoms with van der Waals surface area (Å²) in [6, 6.07) is 8.88. The number of hydrogen-bond acceptors (Lipinski definition) is 1. The van der Waals surface area contributed by atoms with E-state index in [-0.39, 0.29) is 5.41 Å². The van der Waals surface area contributed by atoms with Crippen LogP contribution in [0.3, 0.4) is 0 Å². The molecule has 0 saturated heterocycles. The van der Waals surface area contributed by atoms with E-state index >= 15 is 0 Å². The molecule has 0 aliphatic heterocycles. The summed E-state index contributed by atoms with van der Waals surface area (Å²) in [6.45, 7) is 6.68. The Bertz CT molecular complexity index is 385. The first kappa shape index (κ1) is 15.7. The monoisotopic (exact) mass is 262 g/mol. The van der Waals surface area contributed by atoms with E-state index in [1.807, 2.05) is 0 Å². The second-order valence-electron chi connectivity index (χ2n) is 6.25. The summed E-state index contributed by atoms with van der Waals surface area (Å²) in [5, 5.41) is 8.54. The molecule has 0 saturated carbocycles. The number of carbonyl (C=O) groups is 1. The van der Waals surface area contributed by atoms with Gasteiger partial charge in [-0.25, -0.2) is 0 Å². The van der Waals surface area contributed by atoms with E-state index in [1.165, 1.54) is 11.1 Å². The van der Waals surface area contributed by atoms with Crippen molar-refractivity contribution in [3.05, 3.63) is 35.4 Å². The fourth-order valence-electron chi connectivity index (χ4n) is 2.13. The van der Waals surface area contributed by atoms with E-state index in [1.54, 1.807) is 0 Å². The SMILES string of the molecule is CC(C)(C)c1ccc(CCCCCCC(=O)O)cc1. The minimum absolute atomic E-state index is 0.218. The molecule has 0 aromatic heterocycles. The van der Waals surface area contributed by atoms with Gasteiger partial charge in [-0.05, 0) is 35.8 Å². The Balaban J connectivity index is 2.25. The van der Waals surface area contributed by atoms with Crippen LogP contribution in [0.4, 0.5) is 0 Å². The van der Waals surface area contributed by atoms with Crippen molar-refractivity contribution in [1.29, 1.82) is 0 Å². The molecular weight excluding hydrogens is 236 g/mol. The minimum atomic E-state index is -0.683. The maximum atomic E-state index is 10.4. The van der Waals surface area contributed by atoms with Crippen molar-refractivity contribution in [2.75, 3.05) is 0 Å². The molecule has 0 spiro atoms. The van der Waals surface area contributed by atoms with Gasteiger partial charge in [0, 0.05) is 6.42 Å². The average Bonchev–Trinajstić information content (AvgIpc) is 2.32. The van der Waals surface area contributed by atoms with E-state index in [2.05, 4.69) is 45.0 Å². The van der Waals surface area contributed by atoms with Crippen LogP contribution < -0.4 is 0 Å². The number of rotatable bonds is 7. The second kappa shape index (κ2) is 7.32. The Morgan fingerprint density at radius 3 is 2.11 bits per heavy atom. The Labute approximate surface area is 116 Å². The van der Waals surface area contributed by atoms with Crippen LogP contribution in [-0.4, -0.2) is 11.1 Å². The maximum Gasteiger partial charge on any atom is 0.303 e. The van der Waals surface area contributed by atoms with Crippen molar-refractivity contribution in [3.63, 3.8) is 0 Å². The zero-order chi connectivity index (χ0) is 14.3.